The van der Waals surface area contributed by atoms with Crippen molar-refractivity contribution in [3.05, 3.63) is 94.9 Å². The van der Waals surface area contributed by atoms with E-state index in [1.165, 1.54) is 6.07 Å². The van der Waals surface area contributed by atoms with Crippen molar-refractivity contribution in [2.45, 2.75) is 13.5 Å². The van der Waals surface area contributed by atoms with Gasteiger partial charge in [-0.3, -0.25) is 0 Å². The summed E-state index contributed by atoms with van der Waals surface area (Å²) in [7, 11) is 0. The summed E-state index contributed by atoms with van der Waals surface area (Å²) < 4.78 is 36.5. The van der Waals surface area contributed by atoms with Crippen LogP contribution in [-0.4, -0.2) is 4.57 Å². The summed E-state index contributed by atoms with van der Waals surface area (Å²) in [5.41, 5.74) is 2.44. The van der Waals surface area contributed by atoms with E-state index in [1.807, 2.05) is 67.6 Å². The fourth-order valence-electron chi connectivity index (χ4n) is 4.15. The van der Waals surface area contributed by atoms with Gasteiger partial charge in [0.05, 0.1) is 16.5 Å². The molecule has 5 aromatic rings. The molecule has 0 unspecified atom stereocenters. The lowest BCUT2D eigenvalue weighted by Crippen LogP contribution is -2.07. The van der Waals surface area contributed by atoms with Crippen LogP contribution in [0.15, 0.2) is 82.0 Å². The van der Waals surface area contributed by atoms with Gasteiger partial charge in [0.25, 0.3) is 0 Å². The molecule has 0 bridgehead atoms. The van der Waals surface area contributed by atoms with E-state index in [1.54, 1.807) is 4.57 Å². The van der Waals surface area contributed by atoms with Crippen molar-refractivity contribution in [2.75, 3.05) is 0 Å². The first-order valence-corrected chi connectivity index (χ1v) is 9.69. The maximum absolute atomic E-state index is 15.1. The van der Waals surface area contributed by atoms with Gasteiger partial charge < -0.3 is 8.98 Å². The van der Waals surface area contributed by atoms with Crippen LogP contribution in [0.1, 0.15) is 6.92 Å². The monoisotopic (exact) mass is 401 g/mol. The Bertz CT molecular complexity index is 1450. The van der Waals surface area contributed by atoms with Gasteiger partial charge in [0.2, 0.25) is 5.71 Å². The van der Waals surface area contributed by atoms with Crippen LogP contribution in [-0.2, 0) is 6.54 Å². The first-order chi connectivity index (χ1) is 14.6. The summed E-state index contributed by atoms with van der Waals surface area (Å²) in [5, 5.41) is 0.710. The fraction of sp³-hybridized carbons (Fsp3) is 0.0800. The number of fused-ring (bicyclic) bond motifs is 3. The molecule has 30 heavy (non-hydrogen) atoms. The molecule has 2 heterocycles. The molecule has 0 amide bonds. The largest absolute Gasteiger partial charge is 0.405 e. The molecule has 148 valence electrons. The predicted molar refractivity (Wildman–Crippen MR) is 114 cm³/mol. The number of halogens is 2. The van der Waals surface area contributed by atoms with Crippen molar-refractivity contribution in [3.63, 3.8) is 0 Å². The Morgan fingerprint density at radius 3 is 2.03 bits per heavy atom. The topological polar surface area (TPSA) is 35.1 Å². The van der Waals surface area contributed by atoms with E-state index in [-0.39, 0.29) is 11.1 Å². The number of benzene rings is 3. The lowest BCUT2D eigenvalue weighted by Gasteiger charge is -2.11. The van der Waals surface area contributed by atoms with E-state index in [4.69, 9.17) is 4.42 Å². The highest BCUT2D eigenvalue weighted by molar-refractivity contribution is 6.16. The molecule has 0 aliphatic rings. The number of nitrogens with zero attached hydrogens (tertiary/aromatic N) is 1. The van der Waals surface area contributed by atoms with Gasteiger partial charge in [-0.15, -0.1) is 0 Å². The average Bonchev–Trinajstić information content (AvgIpc) is 3.06. The molecule has 3 aromatic carbocycles. The smallest absolute Gasteiger partial charge is 0.346 e. The maximum atomic E-state index is 15.1. The third kappa shape index (κ3) is 2.66. The number of aryl methyl sites for hydroxylation is 1. The van der Waals surface area contributed by atoms with Crippen LogP contribution >= 0.6 is 0 Å². The van der Waals surface area contributed by atoms with E-state index in [9.17, 15) is 9.18 Å². The van der Waals surface area contributed by atoms with Crippen LogP contribution in [0.2, 0.25) is 0 Å². The molecule has 0 saturated heterocycles. The van der Waals surface area contributed by atoms with Crippen LogP contribution < -0.4 is 5.63 Å². The van der Waals surface area contributed by atoms with E-state index in [0.717, 1.165) is 11.6 Å². The Morgan fingerprint density at radius 2 is 1.43 bits per heavy atom. The molecular formula is C25H17F2NO2. The van der Waals surface area contributed by atoms with Gasteiger partial charge >= 0.3 is 5.63 Å². The minimum atomic E-state index is -0.688. The van der Waals surface area contributed by atoms with Gasteiger partial charge in [-0.2, -0.15) is 0 Å². The van der Waals surface area contributed by atoms with Crippen LogP contribution in [0, 0.1) is 11.6 Å². The summed E-state index contributed by atoms with van der Waals surface area (Å²) in [6, 6.07) is 20.6. The van der Waals surface area contributed by atoms with Gasteiger partial charge in [0, 0.05) is 23.6 Å². The number of rotatable bonds is 3. The molecule has 0 N–H and O–H groups in total. The van der Waals surface area contributed by atoms with Gasteiger partial charge in [-0.05, 0) is 24.1 Å². The zero-order valence-electron chi connectivity index (χ0n) is 16.2. The Balaban J connectivity index is 2.09. The lowest BCUT2D eigenvalue weighted by molar-refractivity contribution is 0.531. The van der Waals surface area contributed by atoms with Crippen molar-refractivity contribution in [2.24, 2.45) is 0 Å². The number of hydrogen-bond donors (Lipinski definition) is 0. The maximum Gasteiger partial charge on any atom is 0.346 e. The Morgan fingerprint density at radius 1 is 0.833 bits per heavy atom. The third-order valence-electron chi connectivity index (χ3n) is 5.37. The van der Waals surface area contributed by atoms with Crippen LogP contribution in [0.25, 0.3) is 44.3 Å². The van der Waals surface area contributed by atoms with E-state index in [0.29, 0.717) is 34.1 Å². The van der Waals surface area contributed by atoms with Crippen molar-refractivity contribution in [1.29, 1.82) is 0 Å². The van der Waals surface area contributed by atoms with Crippen molar-refractivity contribution < 1.29 is 13.2 Å². The third-order valence-corrected chi connectivity index (χ3v) is 5.37. The second-order valence-corrected chi connectivity index (χ2v) is 7.08. The molecule has 5 heteroatoms. The highest BCUT2D eigenvalue weighted by Crippen LogP contribution is 2.41. The Labute approximate surface area is 170 Å². The predicted octanol–water partition coefficient (Wildman–Crippen LogP) is 6.38. The summed E-state index contributed by atoms with van der Waals surface area (Å²) in [5.74, 6) is -1.36. The molecule has 5 rings (SSSR count). The molecule has 0 aliphatic heterocycles. The van der Waals surface area contributed by atoms with Gasteiger partial charge in [0.1, 0.15) is 11.6 Å². The second kappa shape index (κ2) is 6.95. The molecule has 3 nitrogen and oxygen atoms in total. The van der Waals surface area contributed by atoms with Crippen LogP contribution in [0.4, 0.5) is 8.78 Å². The quantitative estimate of drug-likeness (QED) is 0.352. The summed E-state index contributed by atoms with van der Waals surface area (Å²) in [4.78, 5) is 13.2. The zero-order chi connectivity index (χ0) is 20.8. The van der Waals surface area contributed by atoms with Crippen molar-refractivity contribution >= 4 is 22.0 Å². The first-order valence-electron chi connectivity index (χ1n) is 9.69. The second-order valence-electron chi connectivity index (χ2n) is 7.08. The van der Waals surface area contributed by atoms with Gasteiger partial charge in [0.15, 0.2) is 0 Å². The minimum Gasteiger partial charge on any atom is -0.405 e. The number of aromatic nitrogens is 1. The van der Waals surface area contributed by atoms with Gasteiger partial charge in [-0.1, -0.05) is 60.7 Å². The molecule has 0 fully saturated rings. The summed E-state index contributed by atoms with van der Waals surface area (Å²) >= 11 is 0. The first kappa shape index (κ1) is 18.3. The minimum absolute atomic E-state index is 0.237. The molecule has 0 saturated carbocycles. The van der Waals surface area contributed by atoms with E-state index >= 15 is 4.39 Å². The average molecular weight is 401 g/mol. The highest BCUT2D eigenvalue weighted by Gasteiger charge is 2.25. The molecule has 0 radical (unpaired) electrons. The zero-order valence-corrected chi connectivity index (χ0v) is 16.2. The number of hydrogen-bond acceptors (Lipinski definition) is 2. The SMILES string of the molecule is CCn1c2cc(F)cc(F)c2c2c(-c3ccccc3)c(-c3ccccc3)c(=O)oc21. The van der Waals surface area contributed by atoms with Crippen molar-refractivity contribution in [3.8, 4) is 22.3 Å². The van der Waals surface area contributed by atoms with Gasteiger partial charge in [-0.25, -0.2) is 13.6 Å². The normalized spacial score (nSPS) is 11.4. The molecular weight excluding hydrogens is 384 g/mol. The van der Waals surface area contributed by atoms with E-state index < -0.39 is 17.3 Å². The van der Waals surface area contributed by atoms with Crippen LogP contribution in [0.3, 0.4) is 0 Å². The Hall–Kier alpha value is -3.73. The molecule has 0 atom stereocenters. The van der Waals surface area contributed by atoms with E-state index in [2.05, 4.69) is 0 Å². The molecule has 0 aliphatic carbocycles. The summed E-state index contributed by atoms with van der Waals surface area (Å²) in [6.07, 6.45) is 0. The lowest BCUT2D eigenvalue weighted by atomic mass is 9.93. The highest BCUT2D eigenvalue weighted by atomic mass is 19.1. The Kier molecular flexibility index (Phi) is 4.24. The van der Waals surface area contributed by atoms with Crippen LogP contribution in [0.5, 0.6) is 0 Å². The standard InChI is InChI=1S/C25H17F2NO2/c1-2-28-19-14-17(26)13-18(27)22(19)23-20(15-9-5-3-6-10-15)21(25(29)30-24(23)28)16-11-7-4-8-12-16/h3-14H,2H2,1H3. The molecule has 0 spiro atoms. The summed E-state index contributed by atoms with van der Waals surface area (Å²) in [6.45, 7) is 2.24. The van der Waals surface area contributed by atoms with Crippen molar-refractivity contribution in [1.82, 2.24) is 4.57 Å². The molecule has 2 aromatic heterocycles. The fourth-order valence-corrected chi connectivity index (χ4v) is 4.15.